The third kappa shape index (κ3) is 4.10. The van der Waals surface area contributed by atoms with Gasteiger partial charge in [-0.2, -0.15) is 0 Å². The molecular formula is C16H15BrF2N2O. The number of nitrogens with one attached hydrogen (secondary N) is 1. The predicted molar refractivity (Wildman–Crippen MR) is 85.1 cm³/mol. The first-order valence-electron chi connectivity index (χ1n) is 6.83. The Morgan fingerprint density at radius 2 is 1.95 bits per heavy atom. The Kier molecular flexibility index (Phi) is 5.24. The number of anilines is 1. The van der Waals surface area contributed by atoms with Crippen molar-refractivity contribution in [3.63, 3.8) is 0 Å². The second-order valence-electron chi connectivity index (χ2n) is 4.85. The van der Waals surface area contributed by atoms with Gasteiger partial charge < -0.3 is 5.32 Å². The first-order chi connectivity index (χ1) is 10.4. The average Bonchev–Trinajstić information content (AvgIpc) is 2.48. The normalized spacial score (nSPS) is 11.3. The van der Waals surface area contributed by atoms with Crippen molar-refractivity contribution in [3.05, 3.63) is 58.2 Å². The smallest absolute Gasteiger partial charge is 0.273 e. The Hall–Kier alpha value is -1.82. The van der Waals surface area contributed by atoms with Crippen molar-refractivity contribution in [2.75, 3.05) is 5.32 Å². The predicted octanol–water partition coefficient (Wildman–Crippen LogP) is 4.99. The zero-order valence-corrected chi connectivity index (χ0v) is 13.5. The monoisotopic (exact) mass is 368 g/mol. The Morgan fingerprint density at radius 3 is 2.59 bits per heavy atom. The molecule has 6 heteroatoms. The number of benzene rings is 1. The van der Waals surface area contributed by atoms with Crippen LogP contribution >= 0.6 is 15.9 Å². The lowest BCUT2D eigenvalue weighted by Crippen LogP contribution is -2.16. The molecule has 0 spiro atoms. The molecule has 3 nitrogen and oxygen atoms in total. The van der Waals surface area contributed by atoms with Gasteiger partial charge in [0.15, 0.2) is 0 Å². The maximum atomic E-state index is 13.9. The maximum Gasteiger partial charge on any atom is 0.273 e. The lowest BCUT2D eigenvalue weighted by Gasteiger charge is -2.16. The summed E-state index contributed by atoms with van der Waals surface area (Å²) in [5.41, 5.74) is 0.283. The number of amides is 1. The summed E-state index contributed by atoms with van der Waals surface area (Å²) in [6, 6.07) is 9.21. The molecule has 0 radical (unpaired) electrons. The van der Waals surface area contributed by atoms with Gasteiger partial charge in [0.2, 0.25) is 0 Å². The molecule has 116 valence electrons. The van der Waals surface area contributed by atoms with Crippen molar-refractivity contribution in [1.29, 1.82) is 0 Å². The molecule has 1 aromatic carbocycles. The summed E-state index contributed by atoms with van der Waals surface area (Å²) in [5, 5.41) is 2.53. The number of halogens is 3. The van der Waals surface area contributed by atoms with Crippen molar-refractivity contribution in [2.24, 2.45) is 0 Å². The molecular weight excluding hydrogens is 354 g/mol. The fourth-order valence-corrected chi connectivity index (χ4v) is 2.24. The van der Waals surface area contributed by atoms with Crippen molar-refractivity contribution in [3.8, 4) is 0 Å². The molecule has 0 fully saturated rings. The molecule has 0 saturated heterocycles. The second-order valence-corrected chi connectivity index (χ2v) is 5.76. The lowest BCUT2D eigenvalue weighted by atomic mass is 10.1. The molecule has 22 heavy (non-hydrogen) atoms. The van der Waals surface area contributed by atoms with Crippen molar-refractivity contribution < 1.29 is 13.6 Å². The van der Waals surface area contributed by atoms with Gasteiger partial charge in [0.1, 0.15) is 5.82 Å². The van der Waals surface area contributed by atoms with Gasteiger partial charge >= 0.3 is 0 Å². The fraction of sp³-hybridized carbons (Fsp3) is 0.250. The summed E-state index contributed by atoms with van der Waals surface area (Å²) in [4.78, 5) is 16.0. The number of rotatable bonds is 5. The van der Waals surface area contributed by atoms with Crippen LogP contribution in [0.3, 0.4) is 0 Å². The Morgan fingerprint density at radius 1 is 1.27 bits per heavy atom. The Labute approximate surface area is 135 Å². The Bertz CT molecular complexity index is 659. The highest BCUT2D eigenvalue weighted by Crippen LogP contribution is 2.33. The molecule has 0 atom stereocenters. The van der Waals surface area contributed by atoms with Crippen molar-refractivity contribution in [2.45, 2.75) is 25.7 Å². The number of carbonyl (C=O) groups excluding carboxylic acids is 1. The number of hydrogen-bond donors (Lipinski definition) is 1. The highest BCUT2D eigenvalue weighted by atomic mass is 79.9. The van der Waals surface area contributed by atoms with Crippen LogP contribution in [-0.2, 0) is 5.92 Å². The topological polar surface area (TPSA) is 42.0 Å². The minimum absolute atomic E-state index is 0.112. The fourth-order valence-electron chi connectivity index (χ4n) is 1.97. The van der Waals surface area contributed by atoms with E-state index in [1.54, 1.807) is 31.2 Å². The molecule has 1 heterocycles. The van der Waals surface area contributed by atoms with Gasteiger partial charge in [-0.25, -0.2) is 13.8 Å². The molecule has 1 aromatic heterocycles. The molecule has 1 N–H and O–H groups in total. The SMILES string of the molecule is CCCC(F)(F)c1ccnc(NC(=O)c2ccc(Br)cc2)c1. The number of hydrogen-bond acceptors (Lipinski definition) is 2. The van der Waals surface area contributed by atoms with E-state index in [0.29, 0.717) is 12.0 Å². The van der Waals surface area contributed by atoms with Gasteiger partial charge in [-0.05, 0) is 36.4 Å². The highest BCUT2D eigenvalue weighted by Gasteiger charge is 2.30. The van der Waals surface area contributed by atoms with E-state index in [1.165, 1.54) is 18.3 Å². The summed E-state index contributed by atoms with van der Waals surface area (Å²) in [6.45, 7) is 1.70. The molecule has 0 aliphatic rings. The van der Waals surface area contributed by atoms with E-state index < -0.39 is 11.8 Å². The lowest BCUT2D eigenvalue weighted by molar-refractivity contribution is -0.0140. The summed E-state index contributed by atoms with van der Waals surface area (Å²) in [6.07, 6.45) is 1.41. The number of pyridine rings is 1. The minimum Gasteiger partial charge on any atom is -0.307 e. The van der Waals surface area contributed by atoms with E-state index in [2.05, 4.69) is 26.2 Å². The van der Waals surface area contributed by atoms with Gasteiger partial charge in [-0.1, -0.05) is 29.3 Å². The maximum absolute atomic E-state index is 13.9. The molecule has 2 aromatic rings. The van der Waals surface area contributed by atoms with Gasteiger partial charge in [0.05, 0.1) is 0 Å². The van der Waals surface area contributed by atoms with E-state index in [4.69, 9.17) is 0 Å². The van der Waals surface area contributed by atoms with Crippen LogP contribution < -0.4 is 5.32 Å². The molecule has 0 unspecified atom stereocenters. The number of carbonyl (C=O) groups is 1. The first-order valence-corrected chi connectivity index (χ1v) is 7.63. The first kappa shape index (κ1) is 16.5. The van der Waals surface area contributed by atoms with E-state index >= 15 is 0 Å². The van der Waals surface area contributed by atoms with E-state index in [0.717, 1.165) is 4.47 Å². The van der Waals surface area contributed by atoms with Crippen LogP contribution in [0.25, 0.3) is 0 Å². The highest BCUT2D eigenvalue weighted by molar-refractivity contribution is 9.10. The van der Waals surface area contributed by atoms with E-state index in [-0.39, 0.29) is 17.8 Å². The van der Waals surface area contributed by atoms with Crippen molar-refractivity contribution >= 4 is 27.7 Å². The van der Waals surface area contributed by atoms with Gasteiger partial charge in [0.25, 0.3) is 11.8 Å². The van der Waals surface area contributed by atoms with Crippen molar-refractivity contribution in [1.82, 2.24) is 4.98 Å². The van der Waals surface area contributed by atoms with Gasteiger partial charge in [0, 0.05) is 28.2 Å². The molecule has 0 bridgehead atoms. The average molecular weight is 369 g/mol. The van der Waals surface area contributed by atoms with Crippen LogP contribution in [0, 0.1) is 0 Å². The van der Waals surface area contributed by atoms with Crippen LogP contribution in [0.2, 0.25) is 0 Å². The number of alkyl halides is 2. The van der Waals surface area contributed by atoms with Crippen LogP contribution in [-0.4, -0.2) is 10.9 Å². The Balaban J connectivity index is 2.16. The summed E-state index contributed by atoms with van der Waals surface area (Å²) in [7, 11) is 0. The summed E-state index contributed by atoms with van der Waals surface area (Å²) in [5.74, 6) is -3.20. The zero-order valence-electron chi connectivity index (χ0n) is 11.9. The third-order valence-electron chi connectivity index (χ3n) is 3.09. The van der Waals surface area contributed by atoms with Crippen LogP contribution in [0.4, 0.5) is 14.6 Å². The largest absolute Gasteiger partial charge is 0.307 e. The third-order valence-corrected chi connectivity index (χ3v) is 3.62. The number of aromatic nitrogens is 1. The molecule has 2 rings (SSSR count). The molecule has 0 saturated carbocycles. The molecule has 1 amide bonds. The van der Waals surface area contributed by atoms with E-state index in [9.17, 15) is 13.6 Å². The zero-order chi connectivity index (χ0) is 16.2. The van der Waals surface area contributed by atoms with Crippen LogP contribution in [0.5, 0.6) is 0 Å². The summed E-state index contributed by atoms with van der Waals surface area (Å²) >= 11 is 3.28. The minimum atomic E-state index is -2.92. The standard InChI is InChI=1S/C16H15BrF2N2O/c1-2-8-16(18,19)12-7-9-20-14(10-12)21-15(22)11-3-5-13(17)6-4-11/h3-7,9-10H,2,8H2,1H3,(H,20,21,22). The van der Waals surface area contributed by atoms with Crippen LogP contribution in [0.15, 0.2) is 47.1 Å². The molecule has 0 aliphatic carbocycles. The van der Waals surface area contributed by atoms with Crippen LogP contribution in [0.1, 0.15) is 35.7 Å². The second kappa shape index (κ2) is 6.96. The number of nitrogens with zero attached hydrogens (tertiary/aromatic N) is 1. The van der Waals surface area contributed by atoms with E-state index in [1.807, 2.05) is 0 Å². The van der Waals surface area contributed by atoms with Gasteiger partial charge in [-0.3, -0.25) is 4.79 Å². The molecule has 0 aliphatic heterocycles. The quantitative estimate of drug-likeness (QED) is 0.807. The van der Waals surface area contributed by atoms with Gasteiger partial charge in [-0.15, -0.1) is 0 Å². The summed E-state index contributed by atoms with van der Waals surface area (Å²) < 4.78 is 28.6.